The van der Waals surface area contributed by atoms with Crippen molar-refractivity contribution in [3.63, 3.8) is 0 Å². The highest BCUT2D eigenvalue weighted by molar-refractivity contribution is 5.80. The molecule has 3 heteroatoms. The van der Waals surface area contributed by atoms with E-state index in [0.29, 0.717) is 0 Å². The van der Waals surface area contributed by atoms with E-state index in [9.17, 15) is 5.11 Å². The van der Waals surface area contributed by atoms with Crippen LogP contribution >= 0.6 is 0 Å². The van der Waals surface area contributed by atoms with Crippen molar-refractivity contribution in [3.05, 3.63) is 54.2 Å². The van der Waals surface area contributed by atoms with Gasteiger partial charge in [0.1, 0.15) is 5.75 Å². The van der Waals surface area contributed by atoms with E-state index in [1.165, 1.54) is 0 Å². The van der Waals surface area contributed by atoms with Gasteiger partial charge in [-0.05, 0) is 36.8 Å². The molecule has 0 aliphatic heterocycles. The fraction of sp³-hybridized carbons (Fsp3) is 0.0714. The van der Waals surface area contributed by atoms with Gasteiger partial charge in [0.15, 0.2) is 0 Å². The van der Waals surface area contributed by atoms with Crippen LogP contribution in [-0.4, -0.2) is 14.9 Å². The second-order valence-corrected chi connectivity index (χ2v) is 4.09. The van der Waals surface area contributed by atoms with E-state index in [1.54, 1.807) is 12.1 Å². The summed E-state index contributed by atoms with van der Waals surface area (Å²) in [5, 5.41) is 14.9. The van der Waals surface area contributed by atoms with Gasteiger partial charge in [0.25, 0.3) is 0 Å². The van der Waals surface area contributed by atoms with Gasteiger partial charge in [-0.2, -0.15) is 5.10 Å². The summed E-state index contributed by atoms with van der Waals surface area (Å²) in [6.45, 7) is 1.96. The summed E-state index contributed by atoms with van der Waals surface area (Å²) in [4.78, 5) is 0. The first-order chi connectivity index (χ1) is 8.25. The molecule has 3 nitrogen and oxygen atoms in total. The van der Waals surface area contributed by atoms with Crippen molar-refractivity contribution in [2.45, 2.75) is 6.92 Å². The van der Waals surface area contributed by atoms with E-state index in [0.717, 1.165) is 22.2 Å². The van der Waals surface area contributed by atoms with Crippen LogP contribution < -0.4 is 0 Å². The number of para-hydroxylation sites is 1. The number of nitrogens with zero attached hydrogens (tertiary/aromatic N) is 2. The van der Waals surface area contributed by atoms with Gasteiger partial charge < -0.3 is 5.11 Å². The standard InChI is InChI=1S/C14H12N2O/c1-10-8-12(17)6-7-13(10)16-14-5-3-2-4-11(14)9-15-16/h2-9,17H,1H3. The predicted octanol–water partition coefficient (Wildman–Crippen LogP) is 3.04. The first kappa shape index (κ1) is 9.90. The summed E-state index contributed by atoms with van der Waals surface area (Å²) in [6, 6.07) is 13.4. The third-order valence-electron chi connectivity index (χ3n) is 2.89. The van der Waals surface area contributed by atoms with E-state index in [1.807, 2.05) is 48.1 Å². The normalized spacial score (nSPS) is 10.9. The molecule has 0 spiro atoms. The number of aromatic nitrogens is 2. The molecular weight excluding hydrogens is 212 g/mol. The highest BCUT2D eigenvalue weighted by Crippen LogP contribution is 2.23. The van der Waals surface area contributed by atoms with Crippen molar-refractivity contribution in [1.29, 1.82) is 0 Å². The van der Waals surface area contributed by atoms with Crippen LogP contribution in [0.25, 0.3) is 16.6 Å². The highest BCUT2D eigenvalue weighted by atomic mass is 16.3. The first-order valence-corrected chi connectivity index (χ1v) is 5.48. The fourth-order valence-electron chi connectivity index (χ4n) is 2.04. The van der Waals surface area contributed by atoms with Crippen molar-refractivity contribution in [2.24, 2.45) is 0 Å². The van der Waals surface area contributed by atoms with Crippen LogP contribution in [0.4, 0.5) is 0 Å². The molecule has 1 N–H and O–H groups in total. The summed E-state index contributed by atoms with van der Waals surface area (Å²) in [5.74, 6) is 0.280. The Hall–Kier alpha value is -2.29. The third-order valence-corrected chi connectivity index (χ3v) is 2.89. The average molecular weight is 224 g/mol. The minimum Gasteiger partial charge on any atom is -0.508 e. The molecule has 0 bridgehead atoms. The lowest BCUT2D eigenvalue weighted by Crippen LogP contribution is -1.98. The molecule has 0 atom stereocenters. The zero-order valence-electron chi connectivity index (χ0n) is 9.46. The van der Waals surface area contributed by atoms with Crippen LogP contribution in [0.2, 0.25) is 0 Å². The maximum absolute atomic E-state index is 9.42. The van der Waals surface area contributed by atoms with Crippen LogP contribution in [0.1, 0.15) is 5.56 Å². The Bertz CT molecular complexity index is 686. The molecule has 0 saturated heterocycles. The minimum atomic E-state index is 0.280. The van der Waals surface area contributed by atoms with E-state index in [-0.39, 0.29) is 5.75 Å². The maximum Gasteiger partial charge on any atom is 0.115 e. The van der Waals surface area contributed by atoms with Gasteiger partial charge in [-0.15, -0.1) is 0 Å². The van der Waals surface area contributed by atoms with Gasteiger partial charge in [0, 0.05) is 5.39 Å². The molecule has 1 aromatic heterocycles. The van der Waals surface area contributed by atoms with E-state index >= 15 is 0 Å². The number of benzene rings is 2. The summed E-state index contributed by atoms with van der Waals surface area (Å²) in [6.07, 6.45) is 1.85. The smallest absolute Gasteiger partial charge is 0.115 e. The Morgan fingerprint density at radius 1 is 1.12 bits per heavy atom. The number of phenolic OH excluding ortho intramolecular Hbond substituents is 1. The first-order valence-electron chi connectivity index (χ1n) is 5.48. The summed E-state index contributed by atoms with van der Waals surface area (Å²) < 4.78 is 1.89. The lowest BCUT2D eigenvalue weighted by atomic mass is 10.2. The summed E-state index contributed by atoms with van der Waals surface area (Å²) >= 11 is 0. The Morgan fingerprint density at radius 2 is 1.94 bits per heavy atom. The highest BCUT2D eigenvalue weighted by Gasteiger charge is 2.06. The second kappa shape index (κ2) is 3.63. The molecule has 0 unspecified atom stereocenters. The average Bonchev–Trinajstić information content (AvgIpc) is 2.73. The molecule has 0 amide bonds. The van der Waals surface area contributed by atoms with Gasteiger partial charge in [-0.3, -0.25) is 0 Å². The number of aryl methyl sites for hydroxylation is 1. The van der Waals surface area contributed by atoms with Crippen molar-refractivity contribution >= 4 is 10.9 Å². The largest absolute Gasteiger partial charge is 0.508 e. The molecule has 1 heterocycles. The van der Waals surface area contributed by atoms with Crippen LogP contribution in [0.5, 0.6) is 5.75 Å². The Kier molecular flexibility index (Phi) is 2.11. The molecule has 3 aromatic rings. The Morgan fingerprint density at radius 3 is 2.76 bits per heavy atom. The van der Waals surface area contributed by atoms with Crippen LogP contribution in [-0.2, 0) is 0 Å². The number of fused-ring (bicyclic) bond motifs is 1. The monoisotopic (exact) mass is 224 g/mol. The number of rotatable bonds is 1. The predicted molar refractivity (Wildman–Crippen MR) is 67.5 cm³/mol. The van der Waals surface area contributed by atoms with Gasteiger partial charge in [-0.25, -0.2) is 4.68 Å². The molecule has 0 fully saturated rings. The Balaban J connectivity index is 2.27. The lowest BCUT2D eigenvalue weighted by molar-refractivity contribution is 0.474. The van der Waals surface area contributed by atoms with Gasteiger partial charge in [0.05, 0.1) is 17.4 Å². The number of phenols is 1. The topological polar surface area (TPSA) is 38.0 Å². The SMILES string of the molecule is Cc1cc(O)ccc1-n1ncc2ccccc21. The summed E-state index contributed by atoms with van der Waals surface area (Å²) in [7, 11) is 0. The van der Waals surface area contributed by atoms with Gasteiger partial charge in [0.2, 0.25) is 0 Å². The molecule has 0 radical (unpaired) electrons. The lowest BCUT2D eigenvalue weighted by Gasteiger charge is -2.07. The van der Waals surface area contributed by atoms with E-state index in [4.69, 9.17) is 0 Å². The van der Waals surface area contributed by atoms with Crippen LogP contribution in [0, 0.1) is 6.92 Å². The van der Waals surface area contributed by atoms with Crippen molar-refractivity contribution in [3.8, 4) is 11.4 Å². The molecule has 84 valence electrons. The third kappa shape index (κ3) is 1.56. The minimum absolute atomic E-state index is 0.280. The molecule has 3 rings (SSSR count). The summed E-state index contributed by atoms with van der Waals surface area (Å²) in [5.41, 5.74) is 3.06. The molecule has 0 aliphatic carbocycles. The number of aromatic hydroxyl groups is 1. The number of hydrogen-bond donors (Lipinski definition) is 1. The molecule has 17 heavy (non-hydrogen) atoms. The van der Waals surface area contributed by atoms with Crippen molar-refractivity contribution in [2.75, 3.05) is 0 Å². The van der Waals surface area contributed by atoms with Gasteiger partial charge in [-0.1, -0.05) is 18.2 Å². The maximum atomic E-state index is 9.42. The Labute approximate surface area is 98.9 Å². The molecule has 0 saturated carbocycles. The van der Waals surface area contributed by atoms with Crippen molar-refractivity contribution < 1.29 is 5.11 Å². The van der Waals surface area contributed by atoms with Crippen molar-refractivity contribution in [1.82, 2.24) is 9.78 Å². The zero-order valence-corrected chi connectivity index (χ0v) is 9.46. The van der Waals surface area contributed by atoms with Crippen LogP contribution in [0.3, 0.4) is 0 Å². The quantitative estimate of drug-likeness (QED) is 0.690. The fourth-order valence-corrected chi connectivity index (χ4v) is 2.04. The van der Waals surface area contributed by atoms with Crippen LogP contribution in [0.15, 0.2) is 48.7 Å². The van der Waals surface area contributed by atoms with E-state index in [2.05, 4.69) is 5.10 Å². The molecule has 0 aliphatic rings. The second-order valence-electron chi connectivity index (χ2n) is 4.09. The number of hydrogen-bond acceptors (Lipinski definition) is 2. The molecular formula is C14H12N2O. The zero-order chi connectivity index (χ0) is 11.8. The van der Waals surface area contributed by atoms with E-state index < -0.39 is 0 Å². The molecule has 2 aromatic carbocycles. The van der Waals surface area contributed by atoms with Gasteiger partial charge >= 0.3 is 0 Å².